The molecule has 120 valence electrons. The summed E-state index contributed by atoms with van der Waals surface area (Å²) in [6.45, 7) is 2.91. The maximum Gasteiger partial charge on any atom is 0.255 e. The van der Waals surface area contributed by atoms with Crippen molar-refractivity contribution >= 4 is 34.3 Å². The highest BCUT2D eigenvalue weighted by atomic mass is 35.5. The number of aryl methyl sites for hydroxylation is 1. The van der Waals surface area contributed by atoms with Crippen LogP contribution in [-0.4, -0.2) is 34.8 Å². The van der Waals surface area contributed by atoms with Gasteiger partial charge in [0.1, 0.15) is 0 Å². The molecule has 2 amide bonds. The molecule has 3 rings (SSSR count). The van der Waals surface area contributed by atoms with Gasteiger partial charge >= 0.3 is 0 Å². The molecule has 0 aliphatic carbocycles. The quantitative estimate of drug-likeness (QED) is 0.918. The van der Waals surface area contributed by atoms with Crippen molar-refractivity contribution in [1.82, 2.24) is 9.88 Å². The van der Waals surface area contributed by atoms with Crippen LogP contribution in [0.4, 0.5) is 0 Å². The number of carbonyl (C=O) groups is 2. The number of hydrogen-bond donors (Lipinski definition) is 1. The standard InChI is InChI=1S/C17H18ClN3O2/c1-10-14(9-12-8-13(18)2-3-15(12)20-10)17(23)21-6-4-11(5-7-21)16(19)22/h2-3,8-9,11H,4-7H2,1H3,(H2,19,22). The van der Waals surface area contributed by atoms with Gasteiger partial charge in [0.25, 0.3) is 5.91 Å². The van der Waals surface area contributed by atoms with E-state index >= 15 is 0 Å². The summed E-state index contributed by atoms with van der Waals surface area (Å²) in [6.07, 6.45) is 1.24. The number of nitrogens with zero attached hydrogens (tertiary/aromatic N) is 2. The van der Waals surface area contributed by atoms with Crippen LogP contribution in [0.1, 0.15) is 28.9 Å². The van der Waals surface area contributed by atoms with Gasteiger partial charge in [-0.05, 0) is 44.0 Å². The largest absolute Gasteiger partial charge is 0.369 e. The minimum atomic E-state index is -0.282. The van der Waals surface area contributed by atoms with Gasteiger partial charge in [-0.3, -0.25) is 14.6 Å². The second kappa shape index (κ2) is 6.16. The Morgan fingerprint density at radius 3 is 2.61 bits per heavy atom. The van der Waals surface area contributed by atoms with Crippen molar-refractivity contribution < 1.29 is 9.59 Å². The molecule has 0 spiro atoms. The molecule has 1 aliphatic heterocycles. The van der Waals surface area contributed by atoms with Crippen molar-refractivity contribution in [3.05, 3.63) is 40.5 Å². The third-order valence-corrected chi connectivity index (χ3v) is 4.62. The van der Waals surface area contributed by atoms with E-state index in [1.165, 1.54) is 0 Å². The molecule has 6 heteroatoms. The van der Waals surface area contributed by atoms with Crippen molar-refractivity contribution in [1.29, 1.82) is 0 Å². The summed E-state index contributed by atoms with van der Waals surface area (Å²) in [7, 11) is 0. The Balaban J connectivity index is 1.86. The van der Waals surface area contributed by atoms with Gasteiger partial charge in [-0.2, -0.15) is 0 Å². The van der Waals surface area contributed by atoms with Gasteiger partial charge < -0.3 is 10.6 Å². The van der Waals surface area contributed by atoms with Crippen LogP contribution in [0.25, 0.3) is 10.9 Å². The fraction of sp³-hybridized carbons (Fsp3) is 0.353. The lowest BCUT2D eigenvalue weighted by Gasteiger charge is -2.31. The molecule has 0 unspecified atom stereocenters. The topological polar surface area (TPSA) is 76.3 Å². The fourth-order valence-electron chi connectivity index (χ4n) is 3.00. The number of piperidine rings is 1. The molecule has 1 aromatic heterocycles. The summed E-state index contributed by atoms with van der Waals surface area (Å²) in [6, 6.07) is 7.27. The van der Waals surface area contributed by atoms with Crippen molar-refractivity contribution in [2.75, 3.05) is 13.1 Å². The van der Waals surface area contributed by atoms with Gasteiger partial charge in [0, 0.05) is 29.4 Å². The van der Waals surface area contributed by atoms with E-state index in [1.54, 1.807) is 17.0 Å². The zero-order valence-corrected chi connectivity index (χ0v) is 13.6. The van der Waals surface area contributed by atoms with Gasteiger partial charge in [-0.15, -0.1) is 0 Å². The Morgan fingerprint density at radius 2 is 1.96 bits per heavy atom. The first-order chi connectivity index (χ1) is 11.0. The Hall–Kier alpha value is -2.14. The Labute approximate surface area is 139 Å². The zero-order valence-electron chi connectivity index (χ0n) is 12.9. The average Bonchev–Trinajstić information content (AvgIpc) is 2.54. The van der Waals surface area contributed by atoms with E-state index in [0.717, 1.165) is 10.9 Å². The van der Waals surface area contributed by atoms with E-state index in [4.69, 9.17) is 17.3 Å². The molecule has 1 aromatic carbocycles. The lowest BCUT2D eigenvalue weighted by molar-refractivity contribution is -0.123. The maximum absolute atomic E-state index is 12.8. The van der Waals surface area contributed by atoms with Gasteiger partial charge in [0.15, 0.2) is 0 Å². The molecule has 5 nitrogen and oxygen atoms in total. The molecule has 0 atom stereocenters. The average molecular weight is 332 g/mol. The van der Waals surface area contributed by atoms with E-state index in [0.29, 0.717) is 42.2 Å². The maximum atomic E-state index is 12.8. The first kappa shape index (κ1) is 15.7. The lowest BCUT2D eigenvalue weighted by Crippen LogP contribution is -2.42. The Morgan fingerprint density at radius 1 is 1.26 bits per heavy atom. The zero-order chi connectivity index (χ0) is 16.6. The molecular weight excluding hydrogens is 314 g/mol. The van der Waals surface area contributed by atoms with Crippen molar-refractivity contribution in [3.63, 3.8) is 0 Å². The molecule has 23 heavy (non-hydrogen) atoms. The van der Waals surface area contributed by atoms with E-state index in [1.807, 2.05) is 19.1 Å². The van der Waals surface area contributed by atoms with Crippen LogP contribution >= 0.6 is 11.6 Å². The molecule has 1 aliphatic rings. The first-order valence-electron chi connectivity index (χ1n) is 7.61. The lowest BCUT2D eigenvalue weighted by atomic mass is 9.95. The van der Waals surface area contributed by atoms with Crippen LogP contribution in [0.3, 0.4) is 0 Å². The van der Waals surface area contributed by atoms with Crippen LogP contribution in [0.5, 0.6) is 0 Å². The van der Waals surface area contributed by atoms with Crippen molar-refractivity contribution in [2.24, 2.45) is 11.7 Å². The second-order valence-corrected chi connectivity index (χ2v) is 6.36. The monoisotopic (exact) mass is 331 g/mol. The number of primary amides is 1. The number of pyridine rings is 1. The minimum absolute atomic E-state index is 0.0557. The summed E-state index contributed by atoms with van der Waals surface area (Å²) in [5.74, 6) is -0.469. The summed E-state index contributed by atoms with van der Waals surface area (Å²) < 4.78 is 0. The van der Waals surface area contributed by atoms with Crippen LogP contribution in [0.15, 0.2) is 24.3 Å². The number of carbonyl (C=O) groups excluding carboxylic acids is 2. The number of rotatable bonds is 2. The predicted octanol–water partition coefficient (Wildman–Crippen LogP) is 2.53. The molecule has 1 fully saturated rings. The molecule has 2 heterocycles. The van der Waals surface area contributed by atoms with E-state index in [-0.39, 0.29) is 17.7 Å². The summed E-state index contributed by atoms with van der Waals surface area (Å²) >= 11 is 6.02. The first-order valence-corrected chi connectivity index (χ1v) is 7.99. The van der Waals surface area contributed by atoms with E-state index in [2.05, 4.69) is 4.98 Å². The summed E-state index contributed by atoms with van der Waals surface area (Å²) in [5, 5.41) is 1.46. The number of halogens is 1. The highest BCUT2D eigenvalue weighted by Gasteiger charge is 2.27. The van der Waals surface area contributed by atoms with Crippen LogP contribution in [0, 0.1) is 12.8 Å². The fourth-order valence-corrected chi connectivity index (χ4v) is 3.18. The van der Waals surface area contributed by atoms with Gasteiger partial charge in [0.05, 0.1) is 16.8 Å². The Bertz CT molecular complexity index is 783. The SMILES string of the molecule is Cc1nc2ccc(Cl)cc2cc1C(=O)N1CCC(C(N)=O)CC1. The number of likely N-dealkylation sites (tertiary alicyclic amines) is 1. The molecule has 2 N–H and O–H groups in total. The number of amides is 2. The normalized spacial score (nSPS) is 15.8. The minimum Gasteiger partial charge on any atom is -0.369 e. The predicted molar refractivity (Wildman–Crippen MR) is 89.3 cm³/mol. The van der Waals surface area contributed by atoms with Crippen LogP contribution < -0.4 is 5.73 Å². The van der Waals surface area contributed by atoms with Crippen molar-refractivity contribution in [2.45, 2.75) is 19.8 Å². The van der Waals surface area contributed by atoms with Crippen molar-refractivity contribution in [3.8, 4) is 0 Å². The third-order valence-electron chi connectivity index (χ3n) is 4.38. The molecular formula is C17H18ClN3O2. The molecule has 2 aromatic rings. The third kappa shape index (κ3) is 3.15. The number of fused-ring (bicyclic) bond motifs is 1. The van der Waals surface area contributed by atoms with E-state index < -0.39 is 0 Å². The van der Waals surface area contributed by atoms with Crippen LogP contribution in [-0.2, 0) is 4.79 Å². The second-order valence-electron chi connectivity index (χ2n) is 5.93. The number of nitrogens with two attached hydrogens (primary N) is 1. The highest BCUT2D eigenvalue weighted by Crippen LogP contribution is 2.23. The molecule has 0 saturated carbocycles. The summed E-state index contributed by atoms with van der Waals surface area (Å²) in [4.78, 5) is 30.3. The van der Waals surface area contributed by atoms with E-state index in [9.17, 15) is 9.59 Å². The molecule has 1 saturated heterocycles. The highest BCUT2D eigenvalue weighted by molar-refractivity contribution is 6.31. The Kier molecular flexibility index (Phi) is 4.22. The van der Waals surface area contributed by atoms with Gasteiger partial charge in [-0.1, -0.05) is 11.6 Å². The van der Waals surface area contributed by atoms with Gasteiger partial charge in [-0.25, -0.2) is 0 Å². The van der Waals surface area contributed by atoms with Crippen LogP contribution in [0.2, 0.25) is 5.02 Å². The smallest absolute Gasteiger partial charge is 0.255 e. The molecule has 0 radical (unpaired) electrons. The number of aromatic nitrogens is 1. The summed E-state index contributed by atoms with van der Waals surface area (Å²) in [5.41, 5.74) is 7.43. The number of hydrogen-bond acceptors (Lipinski definition) is 3. The number of benzene rings is 1. The molecule has 0 bridgehead atoms. The van der Waals surface area contributed by atoms with Gasteiger partial charge in [0.2, 0.25) is 5.91 Å².